The lowest BCUT2D eigenvalue weighted by molar-refractivity contribution is -0.121. The third-order valence-corrected chi connectivity index (χ3v) is 21.4. The van der Waals surface area contributed by atoms with E-state index in [-0.39, 0.29) is 66.0 Å². The molecule has 2 aromatic carbocycles. The number of fused-ring (bicyclic) bond motifs is 4. The number of hydrogen-bond acceptors (Lipinski definition) is 16. The quantitative estimate of drug-likeness (QED) is 0.0102. The molecule has 576 valence electrons. The topological polar surface area (TPSA) is 288 Å². The van der Waals surface area contributed by atoms with Gasteiger partial charge < -0.3 is 41.0 Å². The Kier molecular flexibility index (Phi) is 31.0. The number of anilines is 4. The number of nitrogens with one attached hydrogen (secondary N) is 4. The van der Waals surface area contributed by atoms with Gasteiger partial charge in [0.1, 0.15) is 34.5 Å². The number of ether oxygens (including phenoxy) is 2. The van der Waals surface area contributed by atoms with E-state index in [1.807, 2.05) is 62.4 Å². The minimum atomic E-state index is -1.24. The van der Waals surface area contributed by atoms with E-state index < -0.39 is 22.8 Å². The highest BCUT2D eigenvalue weighted by Gasteiger charge is 2.35. The van der Waals surface area contributed by atoms with Crippen LogP contribution in [0.3, 0.4) is 0 Å². The molecule has 0 bridgehead atoms. The van der Waals surface area contributed by atoms with Gasteiger partial charge in [0.2, 0.25) is 23.6 Å². The normalized spacial score (nSPS) is 17.6. The first-order valence-corrected chi connectivity index (χ1v) is 40.0. The molecule has 0 radical (unpaired) electrons. The fourth-order valence-electron chi connectivity index (χ4n) is 13.4. The molecule has 109 heavy (non-hydrogen) atoms. The van der Waals surface area contributed by atoms with Gasteiger partial charge in [0.05, 0.1) is 50.1 Å². The lowest BCUT2D eigenvalue weighted by atomic mass is 9.90. The number of aromatic nitrogens is 10. The van der Waals surface area contributed by atoms with E-state index >= 15 is 0 Å². The largest absolute Gasteiger partial charge is 0.490 e. The van der Waals surface area contributed by atoms with Crippen molar-refractivity contribution < 1.29 is 47.6 Å². The molecule has 2 saturated carbocycles. The lowest BCUT2D eigenvalue weighted by Gasteiger charge is -2.28. The number of aliphatic hydroxyl groups is 2. The summed E-state index contributed by atoms with van der Waals surface area (Å²) in [5.41, 5.74) is 4.98. The molecule has 14 rings (SSSR count). The van der Waals surface area contributed by atoms with E-state index in [2.05, 4.69) is 96.3 Å². The maximum Gasteiger partial charge on any atom is 0.228 e. The smallest absolute Gasteiger partial charge is 0.228 e. The second-order valence-electron chi connectivity index (χ2n) is 28.9. The summed E-state index contributed by atoms with van der Waals surface area (Å²) in [4.78, 5) is 64.3. The first-order valence-electron chi connectivity index (χ1n) is 38.4. The third kappa shape index (κ3) is 24.5. The van der Waals surface area contributed by atoms with Crippen LogP contribution in [0, 0.1) is 65.9 Å². The Balaban J connectivity index is 0.000000163. The Morgan fingerprint density at radius 3 is 1.29 bits per heavy atom. The molecule has 10 heterocycles. The molecule has 6 N–H and O–H groups in total. The second-order valence-corrected chi connectivity index (χ2v) is 30.0. The van der Waals surface area contributed by atoms with Crippen molar-refractivity contribution in [3.05, 3.63) is 179 Å². The molecule has 22 nitrogen and oxygen atoms in total. The van der Waals surface area contributed by atoms with Gasteiger partial charge in [-0.15, -0.1) is 34.9 Å². The first-order chi connectivity index (χ1) is 53.0. The number of rotatable bonds is 31. The van der Waals surface area contributed by atoms with E-state index in [1.165, 1.54) is 29.4 Å². The molecule has 5 atom stereocenters. The highest BCUT2D eigenvalue weighted by molar-refractivity contribution is 14.1. The van der Waals surface area contributed by atoms with Crippen molar-refractivity contribution in [3.8, 4) is 36.2 Å². The molecule has 2 fully saturated rings. The van der Waals surface area contributed by atoms with Gasteiger partial charge in [0.25, 0.3) is 0 Å². The average Bonchev–Trinajstić information content (AvgIpc) is 1.78. The van der Waals surface area contributed by atoms with Crippen LogP contribution in [0.2, 0.25) is 0 Å². The van der Waals surface area contributed by atoms with Crippen molar-refractivity contribution in [2.45, 2.75) is 205 Å². The highest BCUT2D eigenvalue weighted by Crippen LogP contribution is 2.37. The molecule has 0 saturated heterocycles. The van der Waals surface area contributed by atoms with Crippen LogP contribution in [-0.4, -0.2) is 101 Å². The van der Waals surface area contributed by atoms with Gasteiger partial charge in [-0.05, 0) is 227 Å². The van der Waals surface area contributed by atoms with Crippen LogP contribution in [-0.2, 0) is 82.0 Å². The van der Waals surface area contributed by atoms with Crippen LogP contribution in [0.4, 0.5) is 32.1 Å². The van der Waals surface area contributed by atoms with Gasteiger partial charge in [0.15, 0.2) is 23.1 Å². The minimum absolute atomic E-state index is 0.0331. The van der Waals surface area contributed by atoms with Gasteiger partial charge in [-0.25, -0.2) is 38.1 Å². The van der Waals surface area contributed by atoms with Gasteiger partial charge in [-0.1, -0.05) is 103 Å². The standard InChI is InChI=1S/2C28H34FN5O3.C14H16N2O.C8H8N2O.C6H9I/c2*1-2-28(36,22-11-12-24(29)25(15-22)37-17-19-9-10-19)18-34-23(16-31-33-34)8-4-3-6-21-14-20-7-5-13-30-26(20)32-27(21)35;1-2-3-4-5-7-12-10-11-8-6-9-15-13(11)16-14(12)17;11-7-4-3-6-2-1-5-9-8(6)10-7;1-2-3-4-5-6-7/h2*5,7,11-13,15-16,19,21,36H,2-4,6,8-10,14,17-18H2,1H3,(H,30,32,35);1,6,8-9,12H,3-5,7,10H2,(H,15,16,17);1-2,5H,3-4H2,(H,9,10,11);1H,3-6H2/t2*21?,28-;;;/m11.../s1. The van der Waals surface area contributed by atoms with E-state index in [4.69, 9.17) is 22.3 Å². The number of pyridine rings is 4. The number of benzene rings is 2. The summed E-state index contributed by atoms with van der Waals surface area (Å²) in [7, 11) is 0. The highest BCUT2D eigenvalue weighted by atomic mass is 127. The van der Waals surface area contributed by atoms with Gasteiger partial charge in [0, 0.05) is 61.8 Å². The number of amides is 4. The van der Waals surface area contributed by atoms with E-state index in [0.717, 1.165) is 167 Å². The van der Waals surface area contributed by atoms with E-state index in [0.29, 0.717) is 79.9 Å². The number of carbonyl (C=O) groups is 4. The number of terminal acetylenes is 2. The summed E-state index contributed by atoms with van der Waals surface area (Å²) in [6, 6.07) is 24.8. The molecule has 6 aliphatic rings. The van der Waals surface area contributed by atoms with Crippen molar-refractivity contribution >= 4 is 69.5 Å². The van der Waals surface area contributed by atoms with Crippen molar-refractivity contribution in [2.75, 3.05) is 38.9 Å². The predicted octanol–water partition coefficient (Wildman–Crippen LogP) is 14.4. The number of unbranched alkanes of at least 4 members (excludes halogenated alkanes) is 6. The van der Waals surface area contributed by atoms with Gasteiger partial charge in [-0.3, -0.25) is 19.2 Å². The number of hydrogen-bond donors (Lipinski definition) is 6. The van der Waals surface area contributed by atoms with Crippen molar-refractivity contribution in [1.82, 2.24) is 49.9 Å². The second kappa shape index (κ2) is 41.3. The van der Waals surface area contributed by atoms with Crippen LogP contribution in [0.25, 0.3) is 0 Å². The Bertz CT molecular complexity index is 4210. The van der Waals surface area contributed by atoms with Gasteiger partial charge >= 0.3 is 0 Å². The summed E-state index contributed by atoms with van der Waals surface area (Å²) in [6.45, 7) is 5.22. The molecule has 4 aliphatic heterocycles. The van der Waals surface area contributed by atoms with Crippen molar-refractivity contribution in [2.24, 2.45) is 29.6 Å². The monoisotopic (exact) mass is 1600 g/mol. The zero-order chi connectivity index (χ0) is 77.0. The predicted molar refractivity (Wildman–Crippen MR) is 423 cm³/mol. The zero-order valence-corrected chi connectivity index (χ0v) is 64.6. The number of aryl methyl sites for hydroxylation is 3. The van der Waals surface area contributed by atoms with Crippen molar-refractivity contribution in [1.29, 1.82) is 0 Å². The molecular weight excluding hydrogens is 1500 g/mol. The summed E-state index contributed by atoms with van der Waals surface area (Å²) in [6.07, 6.45) is 43.1. The molecule has 8 aromatic rings. The van der Waals surface area contributed by atoms with Crippen LogP contribution < -0.4 is 30.7 Å². The van der Waals surface area contributed by atoms with E-state index in [1.54, 1.807) is 70.8 Å². The average molecular weight is 1600 g/mol. The zero-order valence-electron chi connectivity index (χ0n) is 62.5. The fraction of sp³-hybridized carbons (Fsp3) is 0.476. The number of alkyl halides is 1. The van der Waals surface area contributed by atoms with Crippen LogP contribution in [0.15, 0.2) is 122 Å². The molecule has 2 aliphatic carbocycles. The Morgan fingerprint density at radius 2 is 0.908 bits per heavy atom. The van der Waals surface area contributed by atoms with Crippen LogP contribution >= 0.6 is 22.6 Å². The molecule has 25 heteroatoms. The molecule has 3 unspecified atom stereocenters. The number of halogens is 3. The van der Waals surface area contributed by atoms with Gasteiger partial charge in [-0.2, -0.15) is 0 Å². The number of nitrogens with zero attached hydrogens (tertiary/aromatic N) is 10. The fourth-order valence-corrected chi connectivity index (χ4v) is 14.0. The number of carbonyl (C=O) groups excluding carboxylic acids is 4. The lowest BCUT2D eigenvalue weighted by Crippen LogP contribution is -2.32. The summed E-state index contributed by atoms with van der Waals surface area (Å²) >= 11 is 2.36. The third-order valence-electron chi connectivity index (χ3n) is 20.6. The maximum atomic E-state index is 14.3. The Morgan fingerprint density at radius 1 is 0.523 bits per heavy atom. The molecule has 0 spiro atoms. The summed E-state index contributed by atoms with van der Waals surface area (Å²) in [5, 5.41) is 51.0. The molecular formula is C84H101F2IN14O8. The maximum absolute atomic E-state index is 14.3. The summed E-state index contributed by atoms with van der Waals surface area (Å²) in [5.74, 6) is 8.73. The minimum Gasteiger partial charge on any atom is -0.490 e. The SMILES string of the molecule is C#CCCCCC1Cc2cccnc2NC1=O.C#CCCCCI.CC[C@@](O)(Cn1nncc1CCCCC1Cc2cccnc2NC1=O)c1ccc(F)c(OCC2CC2)c1.CC[C@@](O)(Cn1nncc1CCCCC1Cc2cccnc2NC1=O)c1ccc(F)c(OCC2CC2)c1.O=C1CCc2cccnc2N1. The molecule has 6 aromatic heterocycles. The summed E-state index contributed by atoms with van der Waals surface area (Å²) < 4.78 is 44.7. The van der Waals surface area contributed by atoms with Crippen LogP contribution in [0.5, 0.6) is 11.5 Å². The Labute approximate surface area is 651 Å². The van der Waals surface area contributed by atoms with Crippen LogP contribution in [0.1, 0.15) is 187 Å². The van der Waals surface area contributed by atoms with Crippen molar-refractivity contribution in [3.63, 3.8) is 0 Å². The first kappa shape index (κ1) is 81.9. The van der Waals surface area contributed by atoms with E-state index in [9.17, 15) is 38.2 Å². The molecule has 4 amide bonds. The Hall–Kier alpha value is -9.57.